The van der Waals surface area contributed by atoms with Crippen molar-refractivity contribution in [3.63, 3.8) is 0 Å². The van der Waals surface area contributed by atoms with Crippen LogP contribution in [0.15, 0.2) is 24.3 Å². The molecule has 0 bridgehead atoms. The molecule has 1 aromatic rings. The molecule has 4 nitrogen and oxygen atoms in total. The molecule has 0 saturated heterocycles. The molecule has 1 aliphatic carbocycles. The minimum atomic E-state index is -1.26. The second-order valence-corrected chi connectivity index (χ2v) is 7.81. The van der Waals surface area contributed by atoms with E-state index in [1.165, 1.54) is 19.3 Å². The van der Waals surface area contributed by atoms with Crippen LogP contribution < -0.4 is 10.1 Å². The Hall–Kier alpha value is -1.36. The summed E-state index contributed by atoms with van der Waals surface area (Å²) < 4.78 is 18.1. The van der Waals surface area contributed by atoms with Crippen molar-refractivity contribution in [2.45, 2.75) is 63.0 Å². The van der Waals surface area contributed by atoms with Crippen LogP contribution in [0.4, 0.5) is 0 Å². The minimum Gasteiger partial charge on any atom is -0.494 e. The van der Waals surface area contributed by atoms with Crippen LogP contribution in [0.3, 0.4) is 0 Å². The fourth-order valence-corrected chi connectivity index (χ4v) is 3.98. The van der Waals surface area contributed by atoms with Gasteiger partial charge in [-0.25, -0.2) is 0 Å². The molecule has 1 fully saturated rings. The van der Waals surface area contributed by atoms with Gasteiger partial charge in [0.05, 0.1) is 12.4 Å². The fraction of sp³-hybridized carbons (Fsp3) is 0.611. The van der Waals surface area contributed by atoms with Crippen molar-refractivity contribution in [3.05, 3.63) is 29.8 Å². The lowest BCUT2D eigenvalue weighted by Gasteiger charge is -2.24. The van der Waals surface area contributed by atoms with Gasteiger partial charge in [0, 0.05) is 22.4 Å². The lowest BCUT2D eigenvalue weighted by Crippen LogP contribution is -2.42. The van der Waals surface area contributed by atoms with Crippen LogP contribution in [0.25, 0.3) is 0 Å². The van der Waals surface area contributed by atoms with Crippen LogP contribution >= 0.6 is 0 Å². The number of ether oxygens (including phenoxy) is 1. The number of benzene rings is 1. The molecule has 1 saturated carbocycles. The molecule has 0 spiro atoms. The summed E-state index contributed by atoms with van der Waals surface area (Å²) in [6.07, 6.45) is 5.67. The van der Waals surface area contributed by atoms with Gasteiger partial charge in [0.2, 0.25) is 5.91 Å². The van der Waals surface area contributed by atoms with Gasteiger partial charge < -0.3 is 10.1 Å². The van der Waals surface area contributed by atoms with Gasteiger partial charge in [-0.3, -0.25) is 9.00 Å². The molecule has 2 atom stereocenters. The van der Waals surface area contributed by atoms with E-state index in [9.17, 15) is 9.00 Å². The number of carbonyl (C=O) groups is 1. The predicted octanol–water partition coefficient (Wildman–Crippen LogP) is 3.17. The molecule has 1 amide bonds. The van der Waals surface area contributed by atoms with E-state index in [-0.39, 0.29) is 11.9 Å². The van der Waals surface area contributed by atoms with E-state index in [1.54, 1.807) is 6.92 Å². The topological polar surface area (TPSA) is 55.4 Å². The van der Waals surface area contributed by atoms with Gasteiger partial charge >= 0.3 is 0 Å². The van der Waals surface area contributed by atoms with Crippen LogP contribution in [0.1, 0.15) is 51.5 Å². The number of hydrogen-bond donors (Lipinski definition) is 1. The van der Waals surface area contributed by atoms with Crippen molar-refractivity contribution in [1.82, 2.24) is 5.32 Å². The molecule has 0 radical (unpaired) electrons. The summed E-state index contributed by atoms with van der Waals surface area (Å²) in [5.74, 6) is 1.00. The highest BCUT2D eigenvalue weighted by Gasteiger charge is 2.24. The molecule has 1 N–H and O–H groups in total. The maximum atomic E-state index is 12.5. The second-order valence-electron chi connectivity index (χ2n) is 6.05. The van der Waals surface area contributed by atoms with E-state index in [2.05, 4.69) is 5.32 Å². The highest BCUT2D eigenvalue weighted by molar-refractivity contribution is 7.85. The van der Waals surface area contributed by atoms with Gasteiger partial charge in [0.1, 0.15) is 11.0 Å². The van der Waals surface area contributed by atoms with Gasteiger partial charge in [-0.1, -0.05) is 37.5 Å². The molecule has 2 unspecified atom stereocenters. The van der Waals surface area contributed by atoms with Crippen LogP contribution in [-0.2, 0) is 21.3 Å². The Morgan fingerprint density at radius 1 is 1.30 bits per heavy atom. The minimum absolute atomic E-state index is 0.0934. The summed E-state index contributed by atoms with van der Waals surface area (Å²) in [7, 11) is -1.26. The molecular weight excluding hydrogens is 310 g/mol. The van der Waals surface area contributed by atoms with E-state index in [0.29, 0.717) is 12.4 Å². The van der Waals surface area contributed by atoms with E-state index >= 15 is 0 Å². The third kappa shape index (κ3) is 5.34. The van der Waals surface area contributed by atoms with Crippen molar-refractivity contribution in [3.8, 4) is 5.75 Å². The van der Waals surface area contributed by atoms with E-state index in [1.807, 2.05) is 31.2 Å². The van der Waals surface area contributed by atoms with Gasteiger partial charge in [-0.15, -0.1) is 0 Å². The molecule has 1 aliphatic rings. The third-order valence-electron chi connectivity index (χ3n) is 4.29. The Balaban J connectivity index is 1.92. The predicted molar refractivity (Wildman–Crippen MR) is 93.9 cm³/mol. The van der Waals surface area contributed by atoms with Crippen LogP contribution in [0.2, 0.25) is 0 Å². The van der Waals surface area contributed by atoms with Crippen molar-refractivity contribution in [1.29, 1.82) is 0 Å². The normalized spacial score (nSPS) is 18.2. The molecule has 0 heterocycles. The average molecular weight is 337 g/mol. The van der Waals surface area contributed by atoms with Crippen molar-refractivity contribution >= 4 is 16.7 Å². The monoisotopic (exact) mass is 337 g/mol. The summed E-state index contributed by atoms with van der Waals surface area (Å²) in [6.45, 7) is 4.24. The maximum Gasteiger partial charge on any atom is 0.235 e. The fourth-order valence-electron chi connectivity index (χ4n) is 2.88. The molecule has 2 rings (SSSR count). The Morgan fingerprint density at radius 3 is 2.70 bits per heavy atom. The Morgan fingerprint density at radius 2 is 2.00 bits per heavy atom. The third-order valence-corrected chi connectivity index (χ3v) is 5.88. The first kappa shape index (κ1) is 18.0. The first-order chi connectivity index (χ1) is 11.1. The average Bonchev–Trinajstić information content (AvgIpc) is 2.57. The zero-order chi connectivity index (χ0) is 16.7. The number of nitrogens with one attached hydrogen (secondary N) is 1. The highest BCUT2D eigenvalue weighted by Crippen LogP contribution is 2.21. The summed E-state index contributed by atoms with van der Waals surface area (Å²) in [4.78, 5) is 12.3. The number of carbonyl (C=O) groups excluding carboxylic acids is 1. The lowest BCUT2D eigenvalue weighted by atomic mass is 9.95. The SMILES string of the molecule is CCOc1ccccc1CS(=O)C(C)C(=O)NC1CCCCC1. The van der Waals surface area contributed by atoms with Gasteiger partial charge in [-0.2, -0.15) is 0 Å². The number of para-hydroxylation sites is 1. The molecule has 23 heavy (non-hydrogen) atoms. The van der Waals surface area contributed by atoms with E-state index < -0.39 is 16.0 Å². The summed E-state index contributed by atoms with van der Waals surface area (Å²) in [6, 6.07) is 7.85. The largest absolute Gasteiger partial charge is 0.494 e. The molecule has 1 aromatic carbocycles. The Kier molecular flexibility index (Phi) is 7.09. The van der Waals surface area contributed by atoms with Crippen molar-refractivity contribution < 1.29 is 13.7 Å². The quantitative estimate of drug-likeness (QED) is 0.831. The van der Waals surface area contributed by atoms with E-state index in [0.717, 1.165) is 24.2 Å². The lowest BCUT2D eigenvalue weighted by molar-refractivity contribution is -0.121. The maximum absolute atomic E-state index is 12.5. The number of rotatable bonds is 7. The molecular formula is C18H27NO3S. The zero-order valence-corrected chi connectivity index (χ0v) is 14.9. The molecule has 0 aliphatic heterocycles. The first-order valence-corrected chi connectivity index (χ1v) is 9.88. The number of hydrogen-bond acceptors (Lipinski definition) is 3. The van der Waals surface area contributed by atoms with Crippen molar-refractivity contribution in [2.75, 3.05) is 6.61 Å². The Bertz CT molecular complexity index is 541. The standard InChI is InChI=1S/C18H27NO3S/c1-3-22-17-12-8-7-9-15(17)13-23(21)14(2)18(20)19-16-10-5-4-6-11-16/h7-9,12,14,16H,3-6,10-11,13H2,1-2H3,(H,19,20). The van der Waals surface area contributed by atoms with Gasteiger partial charge in [0.15, 0.2) is 0 Å². The van der Waals surface area contributed by atoms with Crippen molar-refractivity contribution in [2.24, 2.45) is 0 Å². The number of amides is 1. The zero-order valence-electron chi connectivity index (χ0n) is 14.0. The highest BCUT2D eigenvalue weighted by atomic mass is 32.2. The molecule has 5 heteroatoms. The molecule has 0 aromatic heterocycles. The summed E-state index contributed by atoms with van der Waals surface area (Å²) in [5.41, 5.74) is 0.894. The van der Waals surface area contributed by atoms with Gasteiger partial charge in [-0.05, 0) is 32.8 Å². The first-order valence-electron chi connectivity index (χ1n) is 8.50. The summed E-state index contributed by atoms with van der Waals surface area (Å²) in [5, 5.41) is 2.55. The van der Waals surface area contributed by atoms with Crippen LogP contribution in [0.5, 0.6) is 5.75 Å². The van der Waals surface area contributed by atoms with Crippen LogP contribution in [-0.4, -0.2) is 28.0 Å². The van der Waals surface area contributed by atoms with Gasteiger partial charge in [0.25, 0.3) is 0 Å². The molecule has 128 valence electrons. The van der Waals surface area contributed by atoms with Crippen LogP contribution in [0, 0.1) is 0 Å². The van der Waals surface area contributed by atoms with E-state index in [4.69, 9.17) is 4.74 Å². The smallest absolute Gasteiger partial charge is 0.235 e. The summed E-state index contributed by atoms with van der Waals surface area (Å²) >= 11 is 0. The Labute approximate surface area is 141 Å². The second kappa shape index (κ2) is 9.06.